The lowest BCUT2D eigenvalue weighted by molar-refractivity contribution is 0.125. The van der Waals surface area contributed by atoms with Gasteiger partial charge in [-0.05, 0) is 38.8 Å². The summed E-state index contributed by atoms with van der Waals surface area (Å²) in [7, 11) is 0. The predicted molar refractivity (Wildman–Crippen MR) is 71.8 cm³/mol. The molecular formula is C13H26BrN. The fourth-order valence-electron chi connectivity index (χ4n) is 2.23. The molecule has 90 valence electrons. The number of hydrogen-bond donors (Lipinski definition) is 0. The molecule has 2 heteroatoms. The third-order valence-electron chi connectivity index (χ3n) is 3.47. The van der Waals surface area contributed by atoms with E-state index in [1.165, 1.54) is 64.5 Å². The van der Waals surface area contributed by atoms with Crippen LogP contribution in [0.5, 0.6) is 0 Å². The van der Waals surface area contributed by atoms with E-state index >= 15 is 0 Å². The van der Waals surface area contributed by atoms with Gasteiger partial charge in [-0.25, -0.2) is 0 Å². The molecule has 0 radical (unpaired) electrons. The molecule has 1 nitrogen and oxygen atoms in total. The van der Waals surface area contributed by atoms with Crippen LogP contribution in [0.4, 0.5) is 0 Å². The molecule has 0 aliphatic heterocycles. The molecule has 1 aliphatic carbocycles. The highest BCUT2D eigenvalue weighted by atomic mass is 79.9. The first-order valence-corrected chi connectivity index (χ1v) is 7.80. The van der Waals surface area contributed by atoms with Crippen LogP contribution >= 0.6 is 15.9 Å². The van der Waals surface area contributed by atoms with Gasteiger partial charge in [-0.3, -0.25) is 0 Å². The largest absolute Gasteiger partial charge is 0.300 e. The second-order valence-electron chi connectivity index (χ2n) is 4.72. The minimum atomic E-state index is 0.936. The highest BCUT2D eigenvalue weighted by Crippen LogP contribution is 2.25. The molecule has 1 rings (SSSR count). The van der Waals surface area contributed by atoms with Crippen molar-refractivity contribution < 1.29 is 0 Å². The monoisotopic (exact) mass is 275 g/mol. The lowest BCUT2D eigenvalue weighted by atomic mass is 9.91. The lowest BCUT2D eigenvalue weighted by Gasteiger charge is -2.37. The van der Waals surface area contributed by atoms with Crippen molar-refractivity contribution >= 4 is 15.9 Å². The van der Waals surface area contributed by atoms with E-state index in [1.807, 2.05) is 0 Å². The van der Waals surface area contributed by atoms with Crippen molar-refractivity contribution in [2.75, 3.05) is 18.4 Å². The quantitative estimate of drug-likeness (QED) is 0.450. The maximum atomic E-state index is 3.53. The van der Waals surface area contributed by atoms with E-state index in [0.29, 0.717) is 0 Å². The molecule has 0 aromatic carbocycles. The van der Waals surface area contributed by atoms with E-state index < -0.39 is 0 Å². The zero-order valence-corrected chi connectivity index (χ0v) is 11.8. The average molecular weight is 276 g/mol. The fraction of sp³-hybridized carbons (Fsp3) is 1.00. The van der Waals surface area contributed by atoms with Gasteiger partial charge in [0, 0.05) is 11.4 Å². The molecule has 15 heavy (non-hydrogen) atoms. The van der Waals surface area contributed by atoms with Crippen LogP contribution in [0.3, 0.4) is 0 Å². The standard InChI is InChI=1S/C13H26BrN/c1-2-3-4-5-11-15(12-7-10-14)13-8-6-9-13/h13H,2-12H2,1H3. The molecule has 0 atom stereocenters. The molecular weight excluding hydrogens is 250 g/mol. The summed E-state index contributed by atoms with van der Waals surface area (Å²) >= 11 is 3.53. The van der Waals surface area contributed by atoms with E-state index in [1.54, 1.807) is 0 Å². The molecule has 0 heterocycles. The molecule has 0 aromatic heterocycles. The van der Waals surface area contributed by atoms with Crippen LogP contribution in [0, 0.1) is 0 Å². The number of nitrogens with zero attached hydrogens (tertiary/aromatic N) is 1. The van der Waals surface area contributed by atoms with Gasteiger partial charge < -0.3 is 4.90 Å². The summed E-state index contributed by atoms with van der Waals surface area (Å²) in [5, 5.41) is 1.16. The van der Waals surface area contributed by atoms with E-state index in [-0.39, 0.29) is 0 Å². The predicted octanol–water partition coefficient (Wildman–Crippen LogP) is 4.21. The highest BCUT2D eigenvalue weighted by molar-refractivity contribution is 9.09. The van der Waals surface area contributed by atoms with Crippen LogP contribution in [0.1, 0.15) is 58.3 Å². The Labute approximate surface area is 104 Å². The maximum absolute atomic E-state index is 3.53. The molecule has 0 saturated heterocycles. The second-order valence-corrected chi connectivity index (χ2v) is 5.52. The number of rotatable bonds is 9. The van der Waals surface area contributed by atoms with Crippen molar-refractivity contribution in [3.05, 3.63) is 0 Å². The molecule has 0 N–H and O–H groups in total. The van der Waals surface area contributed by atoms with Crippen molar-refractivity contribution in [2.24, 2.45) is 0 Å². The summed E-state index contributed by atoms with van der Waals surface area (Å²) in [6, 6.07) is 0.936. The summed E-state index contributed by atoms with van der Waals surface area (Å²) in [6.07, 6.45) is 11.3. The Morgan fingerprint density at radius 3 is 2.33 bits per heavy atom. The van der Waals surface area contributed by atoms with E-state index in [4.69, 9.17) is 0 Å². The van der Waals surface area contributed by atoms with Crippen LogP contribution in [-0.4, -0.2) is 29.4 Å². The smallest absolute Gasteiger partial charge is 0.00952 e. The molecule has 0 unspecified atom stereocenters. The van der Waals surface area contributed by atoms with Gasteiger partial charge in [-0.1, -0.05) is 48.5 Å². The Kier molecular flexibility index (Phi) is 7.72. The third kappa shape index (κ3) is 5.35. The Hall–Kier alpha value is 0.440. The zero-order chi connectivity index (χ0) is 10.9. The van der Waals surface area contributed by atoms with Crippen LogP contribution in [0.15, 0.2) is 0 Å². The Balaban J connectivity index is 2.10. The van der Waals surface area contributed by atoms with Crippen molar-refractivity contribution in [3.8, 4) is 0 Å². The van der Waals surface area contributed by atoms with Gasteiger partial charge in [0.05, 0.1) is 0 Å². The summed E-state index contributed by atoms with van der Waals surface area (Å²) in [5.74, 6) is 0. The highest BCUT2D eigenvalue weighted by Gasteiger charge is 2.23. The average Bonchev–Trinajstić information content (AvgIpc) is 2.17. The van der Waals surface area contributed by atoms with Crippen LogP contribution in [-0.2, 0) is 0 Å². The molecule has 1 aliphatic rings. The summed E-state index contributed by atoms with van der Waals surface area (Å²) in [4.78, 5) is 2.74. The molecule has 0 amide bonds. The van der Waals surface area contributed by atoms with Gasteiger partial charge in [-0.15, -0.1) is 0 Å². The molecule has 1 fully saturated rings. The van der Waals surface area contributed by atoms with Gasteiger partial charge in [0.15, 0.2) is 0 Å². The first-order chi connectivity index (χ1) is 7.38. The van der Waals surface area contributed by atoms with E-state index in [2.05, 4.69) is 27.8 Å². The number of unbranched alkanes of at least 4 members (excludes halogenated alkanes) is 3. The third-order valence-corrected chi connectivity index (χ3v) is 4.03. The first-order valence-electron chi connectivity index (χ1n) is 6.68. The first kappa shape index (κ1) is 13.5. The van der Waals surface area contributed by atoms with Gasteiger partial charge in [0.2, 0.25) is 0 Å². The SMILES string of the molecule is CCCCCCN(CCCBr)C1CCC1. The Morgan fingerprint density at radius 1 is 1.07 bits per heavy atom. The summed E-state index contributed by atoms with van der Waals surface area (Å²) in [5.41, 5.74) is 0. The lowest BCUT2D eigenvalue weighted by Crippen LogP contribution is -2.41. The van der Waals surface area contributed by atoms with Crippen molar-refractivity contribution in [2.45, 2.75) is 64.3 Å². The number of hydrogen-bond acceptors (Lipinski definition) is 1. The van der Waals surface area contributed by atoms with Gasteiger partial charge in [-0.2, -0.15) is 0 Å². The zero-order valence-electron chi connectivity index (χ0n) is 10.2. The Bertz CT molecular complexity index is 145. The van der Waals surface area contributed by atoms with Crippen molar-refractivity contribution in [1.29, 1.82) is 0 Å². The minimum absolute atomic E-state index is 0.936. The topological polar surface area (TPSA) is 3.24 Å². The summed E-state index contributed by atoms with van der Waals surface area (Å²) in [6.45, 7) is 4.94. The van der Waals surface area contributed by atoms with Gasteiger partial charge in [0.25, 0.3) is 0 Å². The molecule has 0 aromatic rings. The van der Waals surface area contributed by atoms with Crippen LogP contribution in [0.25, 0.3) is 0 Å². The summed E-state index contributed by atoms with van der Waals surface area (Å²) < 4.78 is 0. The minimum Gasteiger partial charge on any atom is -0.300 e. The van der Waals surface area contributed by atoms with Crippen molar-refractivity contribution in [1.82, 2.24) is 4.90 Å². The van der Waals surface area contributed by atoms with Crippen LogP contribution < -0.4 is 0 Å². The number of halogens is 1. The second kappa shape index (κ2) is 8.58. The van der Waals surface area contributed by atoms with Gasteiger partial charge >= 0.3 is 0 Å². The van der Waals surface area contributed by atoms with Crippen molar-refractivity contribution in [3.63, 3.8) is 0 Å². The Morgan fingerprint density at radius 2 is 1.80 bits per heavy atom. The normalized spacial score (nSPS) is 17.0. The fourth-order valence-corrected chi connectivity index (χ4v) is 2.48. The molecule has 0 bridgehead atoms. The molecule has 1 saturated carbocycles. The maximum Gasteiger partial charge on any atom is 0.00952 e. The molecule has 0 spiro atoms. The van der Waals surface area contributed by atoms with Crippen LogP contribution in [0.2, 0.25) is 0 Å². The number of alkyl halides is 1. The van der Waals surface area contributed by atoms with Gasteiger partial charge in [0.1, 0.15) is 0 Å². The van der Waals surface area contributed by atoms with E-state index in [0.717, 1.165) is 11.4 Å². The van der Waals surface area contributed by atoms with E-state index in [9.17, 15) is 0 Å².